The third kappa shape index (κ3) is 3.21. The Morgan fingerprint density at radius 1 is 1.32 bits per heavy atom. The zero-order valence-electron chi connectivity index (χ0n) is 16.1. The van der Waals surface area contributed by atoms with Gasteiger partial charge in [0.25, 0.3) is 5.91 Å². The predicted molar refractivity (Wildman–Crippen MR) is 115 cm³/mol. The van der Waals surface area contributed by atoms with E-state index >= 15 is 0 Å². The van der Waals surface area contributed by atoms with Gasteiger partial charge in [-0.05, 0) is 17.5 Å². The van der Waals surface area contributed by atoms with E-state index in [2.05, 4.69) is 15.5 Å². The van der Waals surface area contributed by atoms with Crippen LogP contribution in [-0.4, -0.2) is 37.7 Å². The lowest BCUT2D eigenvalue weighted by Crippen LogP contribution is -2.51. The van der Waals surface area contributed by atoms with Crippen molar-refractivity contribution in [1.82, 2.24) is 20.4 Å². The zero-order chi connectivity index (χ0) is 21.6. The fourth-order valence-corrected chi connectivity index (χ4v) is 4.96. The largest absolute Gasteiger partial charge is 0.507 e. The van der Waals surface area contributed by atoms with Gasteiger partial charge in [-0.25, -0.2) is 0 Å². The van der Waals surface area contributed by atoms with E-state index < -0.39 is 4.87 Å². The topological polar surface area (TPSA) is 112 Å². The van der Waals surface area contributed by atoms with Gasteiger partial charge in [0, 0.05) is 48.8 Å². The molecule has 0 bridgehead atoms. The number of halogens is 1. The van der Waals surface area contributed by atoms with Crippen LogP contribution in [0.5, 0.6) is 11.5 Å². The van der Waals surface area contributed by atoms with Crippen molar-refractivity contribution in [2.75, 3.05) is 6.54 Å². The monoisotopic (exact) mass is 456 g/mol. The molecule has 3 N–H and O–H groups in total. The fourth-order valence-electron chi connectivity index (χ4n) is 3.83. The Bertz CT molecular complexity index is 1190. The lowest BCUT2D eigenvalue weighted by Gasteiger charge is -2.35. The Hall–Kier alpha value is -3.17. The van der Waals surface area contributed by atoms with Crippen LogP contribution in [0.15, 0.2) is 52.8 Å². The highest BCUT2D eigenvalue weighted by Gasteiger charge is 2.46. The second kappa shape index (κ2) is 7.51. The Kier molecular flexibility index (Phi) is 4.79. The van der Waals surface area contributed by atoms with Gasteiger partial charge >= 0.3 is 0 Å². The van der Waals surface area contributed by atoms with E-state index in [1.54, 1.807) is 29.6 Å². The molecule has 1 amide bonds. The molecule has 0 spiro atoms. The van der Waals surface area contributed by atoms with E-state index in [1.165, 1.54) is 17.8 Å². The van der Waals surface area contributed by atoms with E-state index in [-0.39, 0.29) is 29.0 Å². The number of carbonyl (C=O) groups is 1. The van der Waals surface area contributed by atoms with Gasteiger partial charge in [0.15, 0.2) is 10.6 Å². The number of benzene rings is 1. The molecule has 158 valence electrons. The summed E-state index contributed by atoms with van der Waals surface area (Å²) in [6.45, 7) is 0.736. The van der Waals surface area contributed by atoms with Gasteiger partial charge < -0.3 is 25.0 Å². The van der Waals surface area contributed by atoms with Gasteiger partial charge in [0.2, 0.25) is 0 Å². The van der Waals surface area contributed by atoms with Crippen molar-refractivity contribution in [3.05, 3.63) is 70.1 Å². The SMILES string of the molecule is O=C(N1CCc2noc(-c3cc(Cl)c(O)cc3O)c2C1)C1(c2cccnc2)NC=CS1. The zero-order valence-corrected chi connectivity index (χ0v) is 17.7. The van der Waals surface area contributed by atoms with Crippen molar-refractivity contribution < 1.29 is 19.5 Å². The van der Waals surface area contributed by atoms with Crippen LogP contribution in [0.2, 0.25) is 5.02 Å². The van der Waals surface area contributed by atoms with E-state index in [1.807, 2.05) is 11.5 Å². The van der Waals surface area contributed by atoms with Crippen molar-refractivity contribution >= 4 is 29.3 Å². The molecule has 1 unspecified atom stereocenters. The van der Waals surface area contributed by atoms with Gasteiger partial charge in [0.1, 0.15) is 11.5 Å². The van der Waals surface area contributed by atoms with Crippen molar-refractivity contribution in [2.45, 2.75) is 17.8 Å². The van der Waals surface area contributed by atoms with Crippen LogP contribution in [0.3, 0.4) is 0 Å². The van der Waals surface area contributed by atoms with Gasteiger partial charge in [-0.15, -0.1) is 0 Å². The molecule has 0 aliphatic carbocycles. The maximum Gasteiger partial charge on any atom is 0.264 e. The number of amides is 1. The number of rotatable bonds is 3. The predicted octanol–water partition coefficient (Wildman–Crippen LogP) is 3.35. The van der Waals surface area contributed by atoms with E-state index in [4.69, 9.17) is 16.1 Å². The minimum Gasteiger partial charge on any atom is -0.507 e. The second-order valence-corrected chi connectivity index (χ2v) is 8.75. The highest BCUT2D eigenvalue weighted by atomic mass is 35.5. The maximum atomic E-state index is 13.7. The van der Waals surface area contributed by atoms with Crippen LogP contribution in [0.25, 0.3) is 11.3 Å². The molecule has 2 aromatic heterocycles. The number of pyridine rings is 1. The summed E-state index contributed by atoms with van der Waals surface area (Å²) in [4.78, 5) is 18.6. The summed E-state index contributed by atoms with van der Waals surface area (Å²) in [6, 6.07) is 6.24. The first-order chi connectivity index (χ1) is 15.0. The standard InChI is InChI=1S/C21H17ClN4O4S/c22-15-8-13(17(27)9-18(15)28)19-14-11-26(6-3-16(14)25-30-19)20(29)21(24-5-7-31-21)12-2-1-4-23-10-12/h1-2,4-5,7-10,24,27-28H,3,6,11H2. The van der Waals surface area contributed by atoms with Crippen molar-refractivity contribution in [1.29, 1.82) is 0 Å². The summed E-state index contributed by atoms with van der Waals surface area (Å²) >= 11 is 7.41. The first kappa shape index (κ1) is 19.8. The van der Waals surface area contributed by atoms with Crippen LogP contribution in [-0.2, 0) is 22.6 Å². The molecule has 5 rings (SSSR count). The summed E-state index contributed by atoms with van der Waals surface area (Å²) in [6.07, 6.45) is 5.62. The maximum absolute atomic E-state index is 13.7. The average molecular weight is 457 g/mol. The number of aromatic nitrogens is 2. The van der Waals surface area contributed by atoms with E-state index in [0.717, 1.165) is 17.3 Å². The molecule has 4 heterocycles. The molecule has 3 aromatic rings. The Morgan fingerprint density at radius 2 is 2.19 bits per heavy atom. The molecule has 0 radical (unpaired) electrons. The molecule has 31 heavy (non-hydrogen) atoms. The van der Waals surface area contributed by atoms with E-state index in [9.17, 15) is 15.0 Å². The number of thioether (sulfide) groups is 1. The van der Waals surface area contributed by atoms with Gasteiger partial charge in [0.05, 0.1) is 22.8 Å². The van der Waals surface area contributed by atoms with Crippen LogP contribution in [0, 0.1) is 0 Å². The number of carbonyl (C=O) groups excluding carboxylic acids is 1. The number of nitrogens with one attached hydrogen (secondary N) is 1. The van der Waals surface area contributed by atoms with Gasteiger partial charge in [-0.3, -0.25) is 9.78 Å². The molecule has 2 aliphatic rings. The van der Waals surface area contributed by atoms with Crippen molar-refractivity contribution in [3.63, 3.8) is 0 Å². The number of hydrogen-bond acceptors (Lipinski definition) is 8. The Morgan fingerprint density at radius 3 is 2.94 bits per heavy atom. The molecule has 10 heteroatoms. The fraction of sp³-hybridized carbons (Fsp3) is 0.190. The van der Waals surface area contributed by atoms with Crippen LogP contribution in [0.4, 0.5) is 0 Å². The first-order valence-electron chi connectivity index (χ1n) is 9.49. The molecule has 0 fully saturated rings. The summed E-state index contributed by atoms with van der Waals surface area (Å²) in [5, 5.41) is 29.3. The minimum absolute atomic E-state index is 0.0786. The first-order valence-corrected chi connectivity index (χ1v) is 10.7. The smallest absolute Gasteiger partial charge is 0.264 e. The summed E-state index contributed by atoms with van der Waals surface area (Å²) < 4.78 is 5.51. The van der Waals surface area contributed by atoms with Crippen molar-refractivity contribution in [2.24, 2.45) is 0 Å². The van der Waals surface area contributed by atoms with E-state index in [0.29, 0.717) is 29.9 Å². The second-order valence-electron chi connectivity index (χ2n) is 7.22. The number of hydrogen-bond donors (Lipinski definition) is 3. The number of fused-ring (bicyclic) bond motifs is 1. The highest BCUT2D eigenvalue weighted by molar-refractivity contribution is 8.03. The number of phenols is 2. The molecule has 0 saturated heterocycles. The summed E-state index contributed by atoms with van der Waals surface area (Å²) in [7, 11) is 0. The Balaban J connectivity index is 1.50. The quantitative estimate of drug-likeness (QED) is 0.550. The van der Waals surface area contributed by atoms with Crippen LogP contribution >= 0.6 is 23.4 Å². The molecular formula is C21H17ClN4O4S. The molecule has 1 atom stereocenters. The molecular weight excluding hydrogens is 440 g/mol. The molecule has 1 aromatic carbocycles. The highest BCUT2D eigenvalue weighted by Crippen LogP contribution is 2.43. The summed E-state index contributed by atoms with van der Waals surface area (Å²) in [5.41, 5.74) is 2.49. The number of aromatic hydroxyl groups is 2. The van der Waals surface area contributed by atoms with Crippen molar-refractivity contribution in [3.8, 4) is 22.8 Å². The van der Waals surface area contributed by atoms with Gasteiger partial charge in [-0.1, -0.05) is 34.6 Å². The third-order valence-electron chi connectivity index (χ3n) is 5.40. The molecule has 0 saturated carbocycles. The lowest BCUT2D eigenvalue weighted by molar-refractivity contribution is -0.135. The van der Waals surface area contributed by atoms with Crippen LogP contribution in [0.1, 0.15) is 16.8 Å². The Labute approximate surface area is 186 Å². The third-order valence-corrected chi connectivity index (χ3v) is 6.86. The molecule has 8 nitrogen and oxygen atoms in total. The normalized spacial score (nSPS) is 19.8. The molecule has 2 aliphatic heterocycles. The minimum atomic E-state index is -0.993. The average Bonchev–Trinajstić information content (AvgIpc) is 3.44. The van der Waals surface area contributed by atoms with Gasteiger partial charge in [-0.2, -0.15) is 0 Å². The number of nitrogens with zero attached hydrogens (tertiary/aromatic N) is 3. The summed E-state index contributed by atoms with van der Waals surface area (Å²) in [5.74, 6) is -0.203. The van der Waals surface area contributed by atoms with Crippen LogP contribution < -0.4 is 5.32 Å². The number of phenolic OH excluding ortho intramolecular Hbond substituents is 2. The lowest BCUT2D eigenvalue weighted by atomic mass is 9.99.